The van der Waals surface area contributed by atoms with Crippen LogP contribution in [0.5, 0.6) is 5.88 Å². The van der Waals surface area contributed by atoms with Gasteiger partial charge in [0.15, 0.2) is 11.6 Å². The zero-order valence-electron chi connectivity index (χ0n) is 19.6. The Hall–Kier alpha value is -2.00. The molecule has 8 heteroatoms. The Kier molecular flexibility index (Phi) is 4.94. The quantitative estimate of drug-likeness (QED) is 0.717. The third kappa shape index (κ3) is 3.73. The summed E-state index contributed by atoms with van der Waals surface area (Å²) in [6.45, 7) is 13.1. The number of ether oxygens (including phenoxy) is 5. The number of benzene rings is 1. The lowest BCUT2D eigenvalue weighted by Crippen LogP contribution is -2.41. The Morgan fingerprint density at radius 3 is 2.59 bits per heavy atom. The van der Waals surface area contributed by atoms with Crippen LogP contribution in [-0.4, -0.2) is 52.7 Å². The van der Waals surface area contributed by atoms with E-state index in [2.05, 4.69) is 24.9 Å². The second kappa shape index (κ2) is 7.25. The maximum absolute atomic E-state index is 13.2. The van der Waals surface area contributed by atoms with Gasteiger partial charge in [-0.2, -0.15) is 0 Å². The summed E-state index contributed by atoms with van der Waals surface area (Å²) >= 11 is 0. The average Bonchev–Trinajstić information content (AvgIpc) is 3.22. The van der Waals surface area contributed by atoms with Crippen molar-refractivity contribution in [3.05, 3.63) is 34.1 Å². The first kappa shape index (κ1) is 21.8. The molecular weight excluding hydrogens is 412 g/mol. The number of aryl methyl sites for hydroxylation is 1. The minimum atomic E-state index is -0.785. The zero-order chi connectivity index (χ0) is 22.9. The first-order valence-corrected chi connectivity index (χ1v) is 11.3. The van der Waals surface area contributed by atoms with Gasteiger partial charge in [-0.1, -0.05) is 26.0 Å². The smallest absolute Gasteiger partial charge is 0.313 e. The number of hydrogen-bond acceptors (Lipinski definition) is 7. The van der Waals surface area contributed by atoms with Crippen LogP contribution in [0.2, 0.25) is 0 Å². The van der Waals surface area contributed by atoms with E-state index in [-0.39, 0.29) is 35.7 Å². The predicted octanol–water partition coefficient (Wildman–Crippen LogP) is 3.13. The summed E-state index contributed by atoms with van der Waals surface area (Å²) in [6.07, 6.45) is -0.193. The van der Waals surface area contributed by atoms with E-state index in [1.807, 2.05) is 39.8 Å². The molecule has 1 aromatic heterocycles. The van der Waals surface area contributed by atoms with Gasteiger partial charge >= 0.3 is 5.56 Å². The summed E-state index contributed by atoms with van der Waals surface area (Å²) in [5.41, 5.74) is 2.60. The highest BCUT2D eigenvalue weighted by Gasteiger charge is 2.50. The molecule has 0 radical (unpaired) electrons. The second-order valence-corrected chi connectivity index (χ2v) is 10.5. The predicted molar refractivity (Wildman–Crippen MR) is 118 cm³/mol. The van der Waals surface area contributed by atoms with E-state index in [4.69, 9.17) is 23.7 Å². The Labute approximate surface area is 187 Å². The van der Waals surface area contributed by atoms with Crippen LogP contribution in [0.4, 0.5) is 0 Å². The highest BCUT2D eigenvalue weighted by atomic mass is 16.8. The van der Waals surface area contributed by atoms with E-state index in [9.17, 15) is 4.79 Å². The van der Waals surface area contributed by atoms with E-state index in [1.165, 1.54) is 0 Å². The van der Waals surface area contributed by atoms with Gasteiger partial charge in [-0.15, -0.1) is 0 Å². The molecule has 0 N–H and O–H groups in total. The molecule has 0 amide bonds. The van der Waals surface area contributed by atoms with E-state index >= 15 is 0 Å². The highest BCUT2D eigenvalue weighted by molar-refractivity contribution is 5.80. The fourth-order valence-corrected chi connectivity index (χ4v) is 5.00. The molecule has 0 bridgehead atoms. The summed E-state index contributed by atoms with van der Waals surface area (Å²) in [4.78, 5) is 17.8. The molecule has 3 aliphatic heterocycles. The fourth-order valence-electron chi connectivity index (χ4n) is 5.00. The van der Waals surface area contributed by atoms with Gasteiger partial charge in [0.1, 0.15) is 24.9 Å². The molecule has 2 saturated heterocycles. The maximum Gasteiger partial charge on any atom is 0.313 e. The van der Waals surface area contributed by atoms with Crippen molar-refractivity contribution in [2.24, 2.45) is 0 Å². The second-order valence-electron chi connectivity index (χ2n) is 10.5. The van der Waals surface area contributed by atoms with Crippen LogP contribution < -0.4 is 10.3 Å². The number of para-hydroxylation sites is 1. The van der Waals surface area contributed by atoms with Crippen LogP contribution in [0, 0.1) is 0 Å². The normalized spacial score (nSPS) is 30.0. The van der Waals surface area contributed by atoms with Gasteiger partial charge in [-0.3, -0.25) is 4.79 Å². The van der Waals surface area contributed by atoms with Crippen LogP contribution in [0.15, 0.2) is 23.0 Å². The Bertz CT molecular complexity index is 1110. The van der Waals surface area contributed by atoms with Crippen molar-refractivity contribution in [3.63, 3.8) is 0 Å². The molecule has 1 aromatic carbocycles. The molecular formula is C24H32N2O6. The molecule has 3 aliphatic rings. The molecule has 32 heavy (non-hydrogen) atoms. The topological polar surface area (TPSA) is 81.0 Å². The highest BCUT2D eigenvalue weighted by Crippen LogP contribution is 2.37. The minimum absolute atomic E-state index is 0.000956. The number of hydrogen-bond donors (Lipinski definition) is 0. The van der Waals surface area contributed by atoms with Gasteiger partial charge in [0.2, 0.25) is 0 Å². The van der Waals surface area contributed by atoms with Crippen molar-refractivity contribution in [3.8, 4) is 5.88 Å². The molecule has 0 spiro atoms. The monoisotopic (exact) mass is 444 g/mol. The Morgan fingerprint density at radius 2 is 1.88 bits per heavy atom. The van der Waals surface area contributed by atoms with Gasteiger partial charge in [-0.25, -0.2) is 4.98 Å². The van der Waals surface area contributed by atoms with Crippen molar-refractivity contribution in [2.45, 2.75) is 89.8 Å². The summed E-state index contributed by atoms with van der Waals surface area (Å²) in [7, 11) is 0. The number of aromatic nitrogens is 2. The fraction of sp³-hybridized carbons (Fsp3) is 0.667. The SMILES string of the molecule is CC1(C)O[C@H]([C@H]2COC(C)(C)O2)[C@H](COc2nc3cccc4c3n(c2=O)CCC4(C)C)O1. The van der Waals surface area contributed by atoms with Crippen molar-refractivity contribution in [1.82, 2.24) is 9.55 Å². The number of rotatable bonds is 4. The molecule has 4 heterocycles. The molecule has 174 valence electrons. The largest absolute Gasteiger partial charge is 0.471 e. The van der Waals surface area contributed by atoms with Gasteiger partial charge in [0.05, 0.1) is 17.6 Å². The van der Waals surface area contributed by atoms with E-state index in [0.717, 1.165) is 23.0 Å². The lowest BCUT2D eigenvalue weighted by molar-refractivity contribution is -0.174. The molecule has 0 aliphatic carbocycles. The van der Waals surface area contributed by atoms with Crippen molar-refractivity contribution >= 4 is 11.0 Å². The van der Waals surface area contributed by atoms with Gasteiger partial charge in [0, 0.05) is 6.54 Å². The first-order chi connectivity index (χ1) is 15.0. The summed E-state index contributed by atoms with van der Waals surface area (Å²) in [5, 5.41) is 0. The van der Waals surface area contributed by atoms with Crippen LogP contribution in [-0.2, 0) is 30.9 Å². The maximum atomic E-state index is 13.2. The molecule has 0 unspecified atom stereocenters. The van der Waals surface area contributed by atoms with Crippen LogP contribution in [0.25, 0.3) is 11.0 Å². The lowest BCUT2D eigenvalue weighted by Gasteiger charge is -2.32. The van der Waals surface area contributed by atoms with E-state index in [0.29, 0.717) is 13.2 Å². The van der Waals surface area contributed by atoms with Gasteiger partial charge in [-0.05, 0) is 51.2 Å². The molecule has 2 aromatic rings. The van der Waals surface area contributed by atoms with Crippen molar-refractivity contribution in [2.75, 3.05) is 13.2 Å². The summed E-state index contributed by atoms with van der Waals surface area (Å²) < 4.78 is 31.7. The van der Waals surface area contributed by atoms with Crippen molar-refractivity contribution in [1.29, 1.82) is 0 Å². The Morgan fingerprint density at radius 1 is 1.09 bits per heavy atom. The van der Waals surface area contributed by atoms with Gasteiger partial charge < -0.3 is 28.3 Å². The molecule has 5 rings (SSSR count). The lowest BCUT2D eigenvalue weighted by atomic mass is 9.79. The molecule has 8 nitrogen and oxygen atoms in total. The minimum Gasteiger partial charge on any atom is -0.471 e. The van der Waals surface area contributed by atoms with Crippen molar-refractivity contribution < 1.29 is 23.7 Å². The van der Waals surface area contributed by atoms with Gasteiger partial charge in [0.25, 0.3) is 5.88 Å². The molecule has 3 atom stereocenters. The standard InChI is InChI=1S/C24H32N2O6/c1-22(2)10-11-26-18-14(22)8-7-9-15(18)25-20(21(26)27)28-12-16-19(32-24(5,6)31-16)17-13-29-23(3,4)30-17/h7-9,16-17,19H,10-13H2,1-6H3/t16-,17+,19-/m0/s1. The Balaban J connectivity index is 1.42. The van der Waals surface area contributed by atoms with Crippen LogP contribution in [0.1, 0.15) is 53.5 Å². The van der Waals surface area contributed by atoms with Crippen LogP contribution >= 0.6 is 0 Å². The third-order valence-corrected chi connectivity index (χ3v) is 6.63. The summed E-state index contributed by atoms with van der Waals surface area (Å²) in [5.74, 6) is -1.36. The summed E-state index contributed by atoms with van der Waals surface area (Å²) in [6, 6.07) is 6.00. The zero-order valence-corrected chi connectivity index (χ0v) is 19.6. The molecule has 2 fully saturated rings. The average molecular weight is 445 g/mol. The first-order valence-electron chi connectivity index (χ1n) is 11.3. The van der Waals surface area contributed by atoms with E-state index in [1.54, 1.807) is 4.57 Å². The molecule has 0 saturated carbocycles. The van der Waals surface area contributed by atoms with E-state index < -0.39 is 17.7 Å². The van der Waals surface area contributed by atoms with Crippen LogP contribution in [0.3, 0.4) is 0 Å². The number of nitrogens with zero attached hydrogens (tertiary/aromatic N) is 2. The third-order valence-electron chi connectivity index (χ3n) is 6.63.